The molecule has 1 aromatic carbocycles. The Labute approximate surface area is 119 Å². The molecule has 1 unspecified atom stereocenters. The van der Waals surface area contributed by atoms with Gasteiger partial charge in [0.1, 0.15) is 12.4 Å². The number of hydrogen-bond donors (Lipinski definition) is 2. The molecule has 1 aliphatic rings. The lowest BCUT2D eigenvalue weighted by Gasteiger charge is -2.31. The molecule has 1 aliphatic heterocycles. The number of anilines is 1. The van der Waals surface area contributed by atoms with Crippen LogP contribution in [0, 0.1) is 11.8 Å². The number of carbonyl (C=O) groups excluding carboxylic acids is 1. The third-order valence-corrected chi connectivity index (χ3v) is 3.59. The van der Waals surface area contributed by atoms with E-state index < -0.39 is 0 Å². The first kappa shape index (κ1) is 14.8. The average molecular weight is 278 g/mol. The molecule has 0 saturated carbocycles. The molecular formula is C15H22N2O3. The van der Waals surface area contributed by atoms with E-state index in [2.05, 4.69) is 10.6 Å². The van der Waals surface area contributed by atoms with Crippen LogP contribution in [-0.4, -0.2) is 39.3 Å². The summed E-state index contributed by atoms with van der Waals surface area (Å²) in [5.41, 5.74) is 0.768. The Morgan fingerprint density at radius 2 is 2.25 bits per heavy atom. The number of benzene rings is 1. The maximum Gasteiger partial charge on any atom is 0.227 e. The molecule has 2 N–H and O–H groups in total. The number of carbonyl (C=O) groups is 1. The minimum Gasteiger partial charge on any atom is -0.491 e. The summed E-state index contributed by atoms with van der Waals surface area (Å²) in [5, 5.41) is 6.13. The van der Waals surface area contributed by atoms with Crippen LogP contribution in [0.5, 0.6) is 5.75 Å². The van der Waals surface area contributed by atoms with Crippen molar-refractivity contribution in [1.29, 1.82) is 0 Å². The molecule has 20 heavy (non-hydrogen) atoms. The van der Waals surface area contributed by atoms with Gasteiger partial charge in [0.2, 0.25) is 5.91 Å². The van der Waals surface area contributed by atoms with E-state index in [1.54, 1.807) is 7.11 Å². The summed E-state index contributed by atoms with van der Waals surface area (Å²) >= 11 is 0. The SMILES string of the molecule is COCCOc1cccc(NC(=O)C(C)C2CNC2)c1. The number of nitrogens with one attached hydrogen (secondary N) is 2. The van der Waals surface area contributed by atoms with Crippen LogP contribution in [0.1, 0.15) is 6.92 Å². The molecule has 1 heterocycles. The first-order valence-electron chi connectivity index (χ1n) is 6.94. The second kappa shape index (κ2) is 7.26. The van der Waals surface area contributed by atoms with Crippen LogP contribution in [-0.2, 0) is 9.53 Å². The summed E-state index contributed by atoms with van der Waals surface area (Å²) in [6.07, 6.45) is 0. The van der Waals surface area contributed by atoms with E-state index in [1.165, 1.54) is 0 Å². The lowest BCUT2D eigenvalue weighted by atomic mass is 9.88. The van der Waals surface area contributed by atoms with Crippen LogP contribution in [0.25, 0.3) is 0 Å². The molecule has 0 radical (unpaired) electrons. The molecule has 1 atom stereocenters. The normalized spacial score (nSPS) is 16.3. The molecule has 2 rings (SSSR count). The van der Waals surface area contributed by atoms with E-state index >= 15 is 0 Å². The van der Waals surface area contributed by atoms with E-state index in [4.69, 9.17) is 9.47 Å². The molecule has 5 heteroatoms. The average Bonchev–Trinajstić information content (AvgIpc) is 2.37. The first-order chi connectivity index (χ1) is 9.70. The quantitative estimate of drug-likeness (QED) is 0.742. The smallest absolute Gasteiger partial charge is 0.227 e. The van der Waals surface area contributed by atoms with Gasteiger partial charge in [-0.15, -0.1) is 0 Å². The topological polar surface area (TPSA) is 59.6 Å². The highest BCUT2D eigenvalue weighted by Gasteiger charge is 2.28. The van der Waals surface area contributed by atoms with E-state index in [-0.39, 0.29) is 11.8 Å². The minimum atomic E-state index is 0.0225. The predicted molar refractivity (Wildman–Crippen MR) is 78.0 cm³/mol. The van der Waals surface area contributed by atoms with E-state index in [1.807, 2.05) is 31.2 Å². The molecule has 5 nitrogen and oxygen atoms in total. The molecule has 0 aromatic heterocycles. The maximum absolute atomic E-state index is 12.1. The highest BCUT2D eigenvalue weighted by molar-refractivity contribution is 5.92. The van der Waals surface area contributed by atoms with Gasteiger partial charge >= 0.3 is 0 Å². The minimum absolute atomic E-state index is 0.0225. The highest BCUT2D eigenvalue weighted by Crippen LogP contribution is 2.21. The van der Waals surface area contributed by atoms with Gasteiger partial charge < -0.3 is 20.1 Å². The second-order valence-corrected chi connectivity index (χ2v) is 5.07. The van der Waals surface area contributed by atoms with Crippen LogP contribution in [0.3, 0.4) is 0 Å². The summed E-state index contributed by atoms with van der Waals surface area (Å²) in [7, 11) is 1.64. The number of methoxy groups -OCH3 is 1. The number of amides is 1. The third kappa shape index (κ3) is 3.95. The molecule has 1 aromatic rings. The Morgan fingerprint density at radius 3 is 2.90 bits per heavy atom. The first-order valence-corrected chi connectivity index (χ1v) is 6.94. The monoisotopic (exact) mass is 278 g/mol. The number of ether oxygens (including phenoxy) is 2. The van der Waals surface area contributed by atoms with Gasteiger partial charge in [-0.05, 0) is 31.1 Å². The van der Waals surface area contributed by atoms with Crippen molar-refractivity contribution < 1.29 is 14.3 Å². The predicted octanol–water partition coefficient (Wildman–Crippen LogP) is 1.51. The Morgan fingerprint density at radius 1 is 1.45 bits per heavy atom. The number of hydrogen-bond acceptors (Lipinski definition) is 4. The van der Waals surface area contributed by atoms with Gasteiger partial charge in [-0.25, -0.2) is 0 Å². The van der Waals surface area contributed by atoms with Gasteiger partial charge in [-0.1, -0.05) is 13.0 Å². The fourth-order valence-electron chi connectivity index (χ4n) is 2.04. The lowest BCUT2D eigenvalue weighted by Crippen LogP contribution is -2.48. The Kier molecular flexibility index (Phi) is 5.38. The third-order valence-electron chi connectivity index (χ3n) is 3.59. The molecule has 1 saturated heterocycles. The molecule has 0 spiro atoms. The van der Waals surface area contributed by atoms with Crippen LogP contribution in [0.2, 0.25) is 0 Å². The summed E-state index contributed by atoms with van der Waals surface area (Å²) < 4.78 is 10.5. The molecule has 110 valence electrons. The highest BCUT2D eigenvalue weighted by atomic mass is 16.5. The van der Waals surface area contributed by atoms with Crippen molar-refractivity contribution in [2.75, 3.05) is 38.7 Å². The Bertz CT molecular complexity index is 446. The second-order valence-electron chi connectivity index (χ2n) is 5.07. The molecular weight excluding hydrogens is 256 g/mol. The van der Waals surface area contributed by atoms with Gasteiger partial charge in [-0.2, -0.15) is 0 Å². The lowest BCUT2D eigenvalue weighted by molar-refractivity contribution is -0.121. The Hall–Kier alpha value is -1.59. The van der Waals surface area contributed by atoms with Gasteiger partial charge in [-0.3, -0.25) is 4.79 Å². The summed E-state index contributed by atoms with van der Waals surface area (Å²) in [6, 6.07) is 7.43. The summed E-state index contributed by atoms with van der Waals surface area (Å²) in [6.45, 7) is 4.86. The van der Waals surface area contributed by atoms with Crippen molar-refractivity contribution in [2.45, 2.75) is 6.92 Å². The van der Waals surface area contributed by atoms with Gasteiger partial charge in [0.25, 0.3) is 0 Å². The Balaban J connectivity index is 1.88. The zero-order chi connectivity index (χ0) is 14.4. The fourth-order valence-corrected chi connectivity index (χ4v) is 2.04. The van der Waals surface area contributed by atoms with Crippen molar-refractivity contribution >= 4 is 11.6 Å². The molecule has 1 fully saturated rings. The van der Waals surface area contributed by atoms with Crippen LogP contribution in [0.4, 0.5) is 5.69 Å². The van der Waals surface area contributed by atoms with Crippen molar-refractivity contribution in [3.8, 4) is 5.75 Å². The van der Waals surface area contributed by atoms with Gasteiger partial charge in [0.15, 0.2) is 0 Å². The molecule has 0 aliphatic carbocycles. The van der Waals surface area contributed by atoms with E-state index in [9.17, 15) is 4.79 Å². The molecule has 0 bridgehead atoms. The zero-order valence-corrected chi connectivity index (χ0v) is 12.0. The van der Waals surface area contributed by atoms with Gasteiger partial charge in [0, 0.05) is 24.8 Å². The summed E-state index contributed by atoms with van der Waals surface area (Å²) in [4.78, 5) is 12.1. The number of rotatable bonds is 7. The van der Waals surface area contributed by atoms with Crippen molar-refractivity contribution in [1.82, 2.24) is 5.32 Å². The standard InChI is InChI=1S/C15H22N2O3/c1-11(12-9-16-10-12)15(18)17-13-4-3-5-14(8-13)20-7-6-19-2/h3-5,8,11-12,16H,6-7,9-10H2,1-2H3,(H,17,18). The van der Waals surface area contributed by atoms with Gasteiger partial charge in [0.05, 0.1) is 6.61 Å². The maximum atomic E-state index is 12.1. The zero-order valence-electron chi connectivity index (χ0n) is 12.0. The van der Waals surface area contributed by atoms with Crippen LogP contribution in [0.15, 0.2) is 24.3 Å². The van der Waals surface area contributed by atoms with Crippen LogP contribution < -0.4 is 15.4 Å². The largest absolute Gasteiger partial charge is 0.491 e. The fraction of sp³-hybridized carbons (Fsp3) is 0.533. The van der Waals surface area contributed by atoms with Crippen molar-refractivity contribution in [3.63, 3.8) is 0 Å². The van der Waals surface area contributed by atoms with Crippen LogP contribution >= 0.6 is 0 Å². The summed E-state index contributed by atoms with van der Waals surface area (Å²) in [5.74, 6) is 1.26. The van der Waals surface area contributed by atoms with Crippen molar-refractivity contribution in [2.24, 2.45) is 11.8 Å². The molecule has 1 amide bonds. The van der Waals surface area contributed by atoms with Crippen molar-refractivity contribution in [3.05, 3.63) is 24.3 Å². The van der Waals surface area contributed by atoms with E-state index in [0.717, 1.165) is 24.5 Å². The van der Waals surface area contributed by atoms with E-state index in [0.29, 0.717) is 19.1 Å².